The number of nitrogens with zero attached hydrogens (tertiary/aromatic N) is 1. The number of hydrogen-bond acceptors (Lipinski definition) is 4. The third-order valence-corrected chi connectivity index (χ3v) is 4.52. The topological polar surface area (TPSA) is 85.1 Å². The van der Waals surface area contributed by atoms with E-state index in [0.29, 0.717) is 11.4 Å². The summed E-state index contributed by atoms with van der Waals surface area (Å²) < 4.78 is 27.1. The summed E-state index contributed by atoms with van der Waals surface area (Å²) in [6, 6.07) is 8.60. The van der Waals surface area contributed by atoms with Gasteiger partial charge in [-0.2, -0.15) is 0 Å². The fourth-order valence-electron chi connectivity index (χ4n) is 1.76. The summed E-state index contributed by atoms with van der Waals surface area (Å²) in [5.41, 5.74) is 8.60. The predicted octanol–water partition coefficient (Wildman–Crippen LogP) is 1.96. The second kappa shape index (κ2) is 5.60. The Kier molecular flexibility index (Phi) is 4.06. The maximum absolute atomic E-state index is 12.3. The monoisotopic (exact) mass is 291 g/mol. The first kappa shape index (κ1) is 14.5. The number of benzene rings is 1. The lowest BCUT2D eigenvalue weighted by Gasteiger charge is -2.12. The highest BCUT2D eigenvalue weighted by atomic mass is 32.2. The molecule has 0 saturated carbocycles. The fraction of sp³-hybridized carbons (Fsp3) is 0.214. The van der Waals surface area contributed by atoms with Crippen molar-refractivity contribution in [1.29, 1.82) is 0 Å². The van der Waals surface area contributed by atoms with Gasteiger partial charge in [-0.1, -0.05) is 12.1 Å². The van der Waals surface area contributed by atoms with Crippen molar-refractivity contribution in [2.24, 2.45) is 5.73 Å². The number of anilines is 1. The first-order valence-electron chi connectivity index (χ1n) is 6.18. The van der Waals surface area contributed by atoms with E-state index in [2.05, 4.69) is 9.71 Å². The molecule has 0 fully saturated rings. The van der Waals surface area contributed by atoms with E-state index >= 15 is 0 Å². The standard InChI is InChI=1S/C14H17N3O2S/c1-10-4-3-5-14(11(10)2)17-20(18,19)13-7-6-12(8-15)16-9-13/h3-7,9,17H,8,15H2,1-2H3. The van der Waals surface area contributed by atoms with Gasteiger partial charge in [-0.15, -0.1) is 0 Å². The van der Waals surface area contributed by atoms with Gasteiger partial charge in [0.25, 0.3) is 10.0 Å². The van der Waals surface area contributed by atoms with Crippen molar-refractivity contribution >= 4 is 15.7 Å². The summed E-state index contributed by atoms with van der Waals surface area (Å²) in [6.45, 7) is 4.10. The van der Waals surface area contributed by atoms with Crippen molar-refractivity contribution in [2.45, 2.75) is 25.3 Å². The third kappa shape index (κ3) is 2.97. The predicted molar refractivity (Wildman–Crippen MR) is 78.9 cm³/mol. The largest absolute Gasteiger partial charge is 0.325 e. The second-order valence-corrected chi connectivity index (χ2v) is 6.22. The van der Waals surface area contributed by atoms with Crippen LogP contribution in [-0.4, -0.2) is 13.4 Å². The summed E-state index contributed by atoms with van der Waals surface area (Å²) in [5, 5.41) is 0. The molecule has 0 amide bonds. The molecule has 3 N–H and O–H groups in total. The number of nitrogens with one attached hydrogen (secondary N) is 1. The van der Waals surface area contributed by atoms with Crippen molar-refractivity contribution < 1.29 is 8.42 Å². The number of pyridine rings is 1. The van der Waals surface area contributed by atoms with Gasteiger partial charge in [-0.3, -0.25) is 9.71 Å². The second-order valence-electron chi connectivity index (χ2n) is 4.54. The summed E-state index contributed by atoms with van der Waals surface area (Å²) in [4.78, 5) is 4.12. The van der Waals surface area contributed by atoms with Gasteiger partial charge >= 0.3 is 0 Å². The molecule has 0 aliphatic rings. The highest BCUT2D eigenvalue weighted by Crippen LogP contribution is 2.21. The molecule has 0 aliphatic carbocycles. The van der Waals surface area contributed by atoms with Gasteiger partial charge in [-0.25, -0.2) is 8.42 Å². The Morgan fingerprint density at radius 1 is 1.20 bits per heavy atom. The average Bonchev–Trinajstić information content (AvgIpc) is 2.44. The van der Waals surface area contributed by atoms with Crippen LogP contribution in [0.5, 0.6) is 0 Å². The number of aryl methyl sites for hydroxylation is 1. The van der Waals surface area contributed by atoms with Crippen molar-refractivity contribution in [3.05, 3.63) is 53.3 Å². The van der Waals surface area contributed by atoms with E-state index in [0.717, 1.165) is 11.1 Å². The van der Waals surface area contributed by atoms with Crippen molar-refractivity contribution in [3.63, 3.8) is 0 Å². The molecule has 0 saturated heterocycles. The molecule has 106 valence electrons. The van der Waals surface area contributed by atoms with Crippen molar-refractivity contribution in [3.8, 4) is 0 Å². The highest BCUT2D eigenvalue weighted by molar-refractivity contribution is 7.92. The normalized spacial score (nSPS) is 11.3. The molecule has 6 heteroatoms. The van der Waals surface area contributed by atoms with Gasteiger partial charge in [0.2, 0.25) is 0 Å². The van der Waals surface area contributed by atoms with E-state index in [1.807, 2.05) is 26.0 Å². The SMILES string of the molecule is Cc1cccc(NS(=O)(=O)c2ccc(CN)nc2)c1C. The fourth-order valence-corrected chi connectivity index (χ4v) is 2.82. The van der Waals surface area contributed by atoms with Gasteiger partial charge in [0, 0.05) is 12.7 Å². The van der Waals surface area contributed by atoms with Crippen LogP contribution in [0.2, 0.25) is 0 Å². The number of aromatic nitrogens is 1. The Morgan fingerprint density at radius 2 is 1.95 bits per heavy atom. The minimum absolute atomic E-state index is 0.121. The van der Waals surface area contributed by atoms with E-state index in [4.69, 9.17) is 5.73 Å². The zero-order chi connectivity index (χ0) is 14.8. The Balaban J connectivity index is 2.33. The van der Waals surface area contributed by atoms with Crippen LogP contribution in [0.15, 0.2) is 41.4 Å². The Labute approximate surface area is 118 Å². The van der Waals surface area contributed by atoms with Gasteiger partial charge in [0.15, 0.2) is 0 Å². The minimum atomic E-state index is -3.63. The van der Waals surface area contributed by atoms with Crippen molar-refractivity contribution in [2.75, 3.05) is 4.72 Å². The van der Waals surface area contributed by atoms with Gasteiger partial charge in [0.05, 0.1) is 11.4 Å². The maximum Gasteiger partial charge on any atom is 0.263 e. The van der Waals surface area contributed by atoms with Gasteiger partial charge < -0.3 is 5.73 Å². The van der Waals surface area contributed by atoms with E-state index in [9.17, 15) is 8.42 Å². The Bertz CT molecular complexity index is 710. The molecule has 0 atom stereocenters. The number of hydrogen-bond donors (Lipinski definition) is 2. The van der Waals surface area contributed by atoms with Crippen LogP contribution >= 0.6 is 0 Å². The van der Waals surface area contributed by atoms with Gasteiger partial charge in [0.1, 0.15) is 4.90 Å². The van der Waals surface area contributed by atoms with Crippen LogP contribution in [0.4, 0.5) is 5.69 Å². The number of sulfonamides is 1. The lowest BCUT2D eigenvalue weighted by Crippen LogP contribution is -2.14. The van der Waals surface area contributed by atoms with Crippen LogP contribution in [0.1, 0.15) is 16.8 Å². The molecule has 1 aromatic carbocycles. The van der Waals surface area contributed by atoms with E-state index in [1.165, 1.54) is 12.3 Å². The quantitative estimate of drug-likeness (QED) is 0.901. The third-order valence-electron chi connectivity index (χ3n) is 3.17. The molecular weight excluding hydrogens is 274 g/mol. The van der Waals surface area contributed by atoms with Gasteiger partial charge in [-0.05, 0) is 43.2 Å². The smallest absolute Gasteiger partial charge is 0.263 e. The zero-order valence-electron chi connectivity index (χ0n) is 11.4. The lowest BCUT2D eigenvalue weighted by molar-refractivity contribution is 0.600. The van der Waals surface area contributed by atoms with E-state index < -0.39 is 10.0 Å². The summed E-state index contributed by atoms with van der Waals surface area (Å²) in [7, 11) is -3.63. The molecule has 2 aromatic rings. The van der Waals surface area contributed by atoms with Crippen LogP contribution < -0.4 is 10.5 Å². The maximum atomic E-state index is 12.3. The van der Waals surface area contributed by atoms with Crippen LogP contribution in [-0.2, 0) is 16.6 Å². The Morgan fingerprint density at radius 3 is 2.55 bits per heavy atom. The van der Waals surface area contributed by atoms with E-state index in [1.54, 1.807) is 12.1 Å². The molecular formula is C14H17N3O2S. The molecule has 0 unspecified atom stereocenters. The highest BCUT2D eigenvalue weighted by Gasteiger charge is 2.16. The first-order valence-corrected chi connectivity index (χ1v) is 7.66. The summed E-state index contributed by atoms with van der Waals surface area (Å²) in [5.74, 6) is 0. The molecule has 0 bridgehead atoms. The molecule has 1 aromatic heterocycles. The molecule has 0 radical (unpaired) electrons. The summed E-state index contributed by atoms with van der Waals surface area (Å²) in [6.07, 6.45) is 1.32. The lowest BCUT2D eigenvalue weighted by atomic mass is 10.1. The molecule has 0 aliphatic heterocycles. The molecule has 20 heavy (non-hydrogen) atoms. The van der Waals surface area contributed by atoms with Crippen molar-refractivity contribution in [1.82, 2.24) is 4.98 Å². The minimum Gasteiger partial charge on any atom is -0.325 e. The summed E-state index contributed by atoms with van der Waals surface area (Å²) >= 11 is 0. The average molecular weight is 291 g/mol. The first-order chi connectivity index (χ1) is 9.44. The molecule has 5 nitrogen and oxygen atoms in total. The van der Waals surface area contributed by atoms with Crippen LogP contribution in [0.25, 0.3) is 0 Å². The van der Waals surface area contributed by atoms with Crippen LogP contribution in [0, 0.1) is 13.8 Å². The molecule has 1 heterocycles. The Hall–Kier alpha value is -1.92. The molecule has 0 spiro atoms. The number of rotatable bonds is 4. The zero-order valence-corrected chi connectivity index (χ0v) is 12.2. The van der Waals surface area contributed by atoms with E-state index in [-0.39, 0.29) is 11.4 Å². The number of nitrogens with two attached hydrogens (primary N) is 1. The molecule has 2 rings (SSSR count). The van der Waals surface area contributed by atoms with Crippen LogP contribution in [0.3, 0.4) is 0 Å².